The highest BCUT2D eigenvalue weighted by Crippen LogP contribution is 2.34. The second kappa shape index (κ2) is 22.2. The molecule has 6 heteroatoms. The molecule has 4 aromatic rings. The lowest BCUT2D eigenvalue weighted by Gasteiger charge is -2.17. The van der Waals surface area contributed by atoms with Crippen LogP contribution in [-0.4, -0.2) is 24.3 Å². The molecule has 0 unspecified atom stereocenters. The minimum absolute atomic E-state index is 0.184. The molecule has 0 aliphatic carbocycles. The predicted octanol–water partition coefficient (Wildman–Crippen LogP) is 11.2. The zero-order chi connectivity index (χ0) is 34.4. The van der Waals surface area contributed by atoms with E-state index in [1.807, 2.05) is 48.5 Å². The third-order valence-electron chi connectivity index (χ3n) is 8.53. The van der Waals surface area contributed by atoms with Crippen LogP contribution in [0, 0.1) is 0 Å². The van der Waals surface area contributed by atoms with Gasteiger partial charge in [-0.05, 0) is 60.6 Å². The van der Waals surface area contributed by atoms with Crippen molar-refractivity contribution in [2.45, 2.75) is 104 Å². The van der Waals surface area contributed by atoms with Crippen molar-refractivity contribution in [1.82, 2.24) is 0 Å². The molecule has 0 atom stereocenters. The van der Waals surface area contributed by atoms with Gasteiger partial charge in [0.2, 0.25) is 0 Å². The first-order valence-electron chi connectivity index (χ1n) is 18.2. The van der Waals surface area contributed by atoms with E-state index in [2.05, 4.69) is 37.3 Å². The number of aryl methyl sites for hydroxylation is 1. The van der Waals surface area contributed by atoms with Crippen LogP contribution in [0.4, 0.5) is 0 Å². The molecule has 0 bridgehead atoms. The Bertz CT molecular complexity index is 1490. The fourth-order valence-electron chi connectivity index (χ4n) is 5.75. The largest absolute Gasteiger partial charge is 0.493 e. The molecule has 1 N–H and O–H groups in total. The van der Waals surface area contributed by atoms with Crippen molar-refractivity contribution >= 4 is 5.97 Å². The number of unbranched alkanes of at least 4 members (excludes halogenated alkanes) is 10. The van der Waals surface area contributed by atoms with Gasteiger partial charge in [-0.2, -0.15) is 0 Å². The van der Waals surface area contributed by atoms with Crippen molar-refractivity contribution in [3.8, 4) is 23.0 Å². The number of hydrogen-bond acceptors (Lipinski definition) is 5. The lowest BCUT2D eigenvalue weighted by Crippen LogP contribution is -2.04. The zero-order valence-corrected chi connectivity index (χ0v) is 29.2. The van der Waals surface area contributed by atoms with Crippen LogP contribution in [0.3, 0.4) is 0 Å². The molecule has 262 valence electrons. The maximum absolute atomic E-state index is 11.7. The first kappa shape index (κ1) is 37.4. The fraction of sp³-hybridized carbons (Fsp3) is 0.419. The molecular weight excluding hydrogens is 612 g/mol. The standard InChI is InChI=1S/C43H54O6/c1-2-3-4-5-6-7-9-18-28-46-39-30-38(43(44)45)31-40(32-39)47-29-19-10-8-17-25-37-26-20-27-41(48-33-35-21-13-11-14-22-35)42(37)49-34-36-23-15-12-16-24-36/h11-16,20-24,26-27,30-32H,2-10,17-19,25,28-29,33-34H2,1H3,(H,44,45). The predicted molar refractivity (Wildman–Crippen MR) is 197 cm³/mol. The summed E-state index contributed by atoms with van der Waals surface area (Å²) in [6, 6.07) is 31.5. The smallest absolute Gasteiger partial charge is 0.335 e. The summed E-state index contributed by atoms with van der Waals surface area (Å²) in [7, 11) is 0. The SMILES string of the molecule is CCCCCCCCCCOc1cc(OCCCCCCc2cccc(OCc3ccccc3)c2OCc2ccccc2)cc(C(=O)O)c1. The molecule has 0 aliphatic heterocycles. The summed E-state index contributed by atoms with van der Waals surface area (Å²) >= 11 is 0. The van der Waals surface area contributed by atoms with Crippen molar-refractivity contribution < 1.29 is 28.8 Å². The first-order chi connectivity index (χ1) is 24.1. The van der Waals surface area contributed by atoms with Crippen molar-refractivity contribution in [2.75, 3.05) is 13.2 Å². The van der Waals surface area contributed by atoms with Gasteiger partial charge in [0.05, 0.1) is 18.8 Å². The number of carboxylic acid groups (broad SMARTS) is 1. The number of benzene rings is 4. The van der Waals surface area contributed by atoms with Crippen LogP contribution in [0.5, 0.6) is 23.0 Å². The number of carbonyl (C=O) groups is 1. The summed E-state index contributed by atoms with van der Waals surface area (Å²) in [5.41, 5.74) is 3.55. The van der Waals surface area contributed by atoms with Crippen LogP contribution in [0.25, 0.3) is 0 Å². The van der Waals surface area contributed by atoms with E-state index in [0.29, 0.717) is 37.9 Å². The van der Waals surface area contributed by atoms with Gasteiger partial charge < -0.3 is 24.1 Å². The average molecular weight is 667 g/mol. The highest BCUT2D eigenvalue weighted by molar-refractivity contribution is 5.88. The summed E-state index contributed by atoms with van der Waals surface area (Å²) in [4.78, 5) is 11.7. The molecule has 0 amide bonds. The molecule has 0 saturated carbocycles. The number of carboxylic acids is 1. The molecule has 49 heavy (non-hydrogen) atoms. The van der Waals surface area contributed by atoms with Crippen molar-refractivity contribution in [1.29, 1.82) is 0 Å². The number of hydrogen-bond donors (Lipinski definition) is 1. The number of para-hydroxylation sites is 1. The van der Waals surface area contributed by atoms with Crippen molar-refractivity contribution in [2.24, 2.45) is 0 Å². The van der Waals surface area contributed by atoms with Crippen LogP contribution in [-0.2, 0) is 19.6 Å². The molecule has 6 nitrogen and oxygen atoms in total. The Labute approximate surface area is 293 Å². The highest BCUT2D eigenvalue weighted by atomic mass is 16.5. The summed E-state index contributed by atoms with van der Waals surface area (Å²) in [5, 5.41) is 9.61. The normalized spacial score (nSPS) is 10.9. The van der Waals surface area contributed by atoms with Gasteiger partial charge >= 0.3 is 5.97 Å². The van der Waals surface area contributed by atoms with E-state index >= 15 is 0 Å². The zero-order valence-electron chi connectivity index (χ0n) is 29.2. The van der Waals surface area contributed by atoms with E-state index in [-0.39, 0.29) is 5.56 Å². The number of aromatic carboxylic acids is 1. The van der Waals surface area contributed by atoms with Crippen LogP contribution >= 0.6 is 0 Å². The van der Waals surface area contributed by atoms with Crippen molar-refractivity contribution in [3.63, 3.8) is 0 Å². The first-order valence-corrected chi connectivity index (χ1v) is 18.2. The molecule has 4 aromatic carbocycles. The van der Waals surface area contributed by atoms with Crippen molar-refractivity contribution in [3.05, 3.63) is 119 Å². The Morgan fingerprint density at radius 2 is 1.08 bits per heavy atom. The topological polar surface area (TPSA) is 74.2 Å². The molecular formula is C43H54O6. The van der Waals surface area contributed by atoms with Gasteiger partial charge in [-0.25, -0.2) is 4.79 Å². The summed E-state index contributed by atoms with van der Waals surface area (Å²) in [6.07, 6.45) is 14.6. The highest BCUT2D eigenvalue weighted by Gasteiger charge is 2.13. The maximum atomic E-state index is 11.7. The van der Waals surface area contributed by atoms with E-state index in [9.17, 15) is 9.90 Å². The Hall–Kier alpha value is -4.45. The molecule has 4 rings (SSSR count). The molecule has 0 radical (unpaired) electrons. The van der Waals surface area contributed by atoms with Crippen LogP contribution in [0.1, 0.15) is 111 Å². The summed E-state index contributed by atoms with van der Waals surface area (Å²) < 4.78 is 24.5. The fourth-order valence-corrected chi connectivity index (χ4v) is 5.75. The van der Waals surface area contributed by atoms with Gasteiger partial charge in [0.1, 0.15) is 24.7 Å². The molecule has 0 aliphatic rings. The van der Waals surface area contributed by atoms with Gasteiger partial charge in [0.15, 0.2) is 11.5 Å². The van der Waals surface area contributed by atoms with Gasteiger partial charge in [-0.1, -0.05) is 138 Å². The molecule has 0 fully saturated rings. The molecule has 0 spiro atoms. The lowest BCUT2D eigenvalue weighted by molar-refractivity contribution is 0.0695. The van der Waals surface area contributed by atoms with Gasteiger partial charge in [-0.15, -0.1) is 0 Å². The van der Waals surface area contributed by atoms with E-state index in [0.717, 1.165) is 73.1 Å². The van der Waals surface area contributed by atoms with E-state index in [4.69, 9.17) is 18.9 Å². The van der Waals surface area contributed by atoms with Gasteiger partial charge in [0.25, 0.3) is 0 Å². The second-order valence-corrected chi connectivity index (χ2v) is 12.6. The Morgan fingerprint density at radius 1 is 0.551 bits per heavy atom. The molecule has 0 aromatic heterocycles. The lowest BCUT2D eigenvalue weighted by atomic mass is 10.0. The second-order valence-electron chi connectivity index (χ2n) is 12.6. The van der Waals surface area contributed by atoms with Crippen LogP contribution in [0.15, 0.2) is 97.1 Å². The summed E-state index contributed by atoms with van der Waals surface area (Å²) in [6.45, 7) is 4.30. The average Bonchev–Trinajstić information content (AvgIpc) is 3.13. The number of ether oxygens (including phenoxy) is 4. The molecule has 0 heterocycles. The number of rotatable bonds is 25. The summed E-state index contributed by atoms with van der Waals surface area (Å²) in [5.74, 6) is 1.68. The molecule has 0 saturated heterocycles. The van der Waals surface area contributed by atoms with Gasteiger partial charge in [-0.3, -0.25) is 0 Å². The van der Waals surface area contributed by atoms with E-state index in [1.54, 1.807) is 18.2 Å². The third-order valence-corrected chi connectivity index (χ3v) is 8.53. The Kier molecular flexibility index (Phi) is 17.0. The van der Waals surface area contributed by atoms with Gasteiger partial charge in [0, 0.05) is 6.07 Å². The van der Waals surface area contributed by atoms with E-state index < -0.39 is 5.97 Å². The monoisotopic (exact) mass is 666 g/mol. The Morgan fingerprint density at radius 3 is 1.65 bits per heavy atom. The Balaban J connectivity index is 1.21. The van der Waals surface area contributed by atoms with Crippen LogP contribution in [0.2, 0.25) is 0 Å². The minimum atomic E-state index is -0.982. The van der Waals surface area contributed by atoms with E-state index in [1.165, 1.54) is 38.5 Å². The maximum Gasteiger partial charge on any atom is 0.335 e. The van der Waals surface area contributed by atoms with Crippen LogP contribution < -0.4 is 18.9 Å². The third kappa shape index (κ3) is 14.3. The minimum Gasteiger partial charge on any atom is -0.493 e. The quantitative estimate of drug-likeness (QED) is 0.0710.